The summed E-state index contributed by atoms with van der Waals surface area (Å²) in [7, 11) is 0. The summed E-state index contributed by atoms with van der Waals surface area (Å²) in [6.45, 7) is -0.208. The minimum Gasteiger partial charge on any atom is -0.388 e. The SMILES string of the molecule is O[13CH2][13c]1ncc2n1-c1ccc(Cl)cc1C(c1ccccc1F)N=C2. The van der Waals surface area contributed by atoms with Gasteiger partial charge < -0.3 is 5.11 Å². The van der Waals surface area contributed by atoms with Crippen LogP contribution in [0.4, 0.5) is 4.39 Å². The third-order valence-electron chi connectivity index (χ3n) is 4.08. The molecule has 0 amide bonds. The van der Waals surface area contributed by atoms with Crippen LogP contribution >= 0.6 is 11.6 Å². The predicted octanol–water partition coefficient (Wildman–Crippen LogP) is 3.68. The zero-order valence-corrected chi connectivity index (χ0v) is 13.3. The molecular weight excluding hydrogens is 331 g/mol. The van der Waals surface area contributed by atoms with Crippen molar-refractivity contribution >= 4 is 17.8 Å². The Labute approximate surface area is 142 Å². The Hall–Kier alpha value is -2.50. The molecule has 1 unspecified atom stereocenters. The number of benzene rings is 2. The molecule has 1 N–H and O–H groups in total. The summed E-state index contributed by atoms with van der Waals surface area (Å²) in [5.74, 6) is 0.173. The molecule has 2 heterocycles. The summed E-state index contributed by atoms with van der Waals surface area (Å²) < 4.78 is 16.2. The molecule has 24 heavy (non-hydrogen) atoms. The van der Waals surface area contributed by atoms with Crippen molar-refractivity contribution in [2.45, 2.75) is 12.6 Å². The highest BCUT2D eigenvalue weighted by Crippen LogP contribution is 2.36. The quantitative estimate of drug-likeness (QED) is 0.722. The number of halogens is 2. The van der Waals surface area contributed by atoms with E-state index in [9.17, 15) is 9.50 Å². The Morgan fingerprint density at radius 2 is 2.00 bits per heavy atom. The van der Waals surface area contributed by atoms with Crippen LogP contribution < -0.4 is 0 Å². The van der Waals surface area contributed by atoms with Gasteiger partial charge in [-0.1, -0.05) is 29.8 Å². The van der Waals surface area contributed by atoms with E-state index in [0.717, 1.165) is 16.9 Å². The minimum absolute atomic E-state index is 0.208. The van der Waals surface area contributed by atoms with Gasteiger partial charge in [-0.2, -0.15) is 0 Å². The standard InChI is InChI=1S/C18H13ClFN3O/c19-11-5-6-16-14(7-11)18(13-3-1-2-4-15(13)20)22-9-12-8-21-17(10-24)23(12)16/h1-9,18,24H,10H2/i10+1,17+1. The molecule has 0 bridgehead atoms. The molecule has 120 valence electrons. The molecule has 0 saturated carbocycles. The highest BCUT2D eigenvalue weighted by molar-refractivity contribution is 6.30. The number of rotatable bonds is 2. The van der Waals surface area contributed by atoms with E-state index < -0.39 is 6.04 Å². The first-order valence-corrected chi connectivity index (χ1v) is 7.81. The van der Waals surface area contributed by atoms with E-state index in [1.54, 1.807) is 42.7 Å². The van der Waals surface area contributed by atoms with Crippen LogP contribution in [0.1, 0.15) is 28.7 Å². The van der Waals surface area contributed by atoms with Crippen LogP contribution in [0.3, 0.4) is 0 Å². The van der Waals surface area contributed by atoms with Gasteiger partial charge in [0.25, 0.3) is 0 Å². The average Bonchev–Trinajstić information content (AvgIpc) is 2.93. The molecule has 3 aromatic rings. The van der Waals surface area contributed by atoms with Gasteiger partial charge in [0, 0.05) is 22.4 Å². The smallest absolute Gasteiger partial charge is 0.139 e. The predicted molar refractivity (Wildman–Crippen MR) is 90.3 cm³/mol. The first-order valence-electron chi connectivity index (χ1n) is 7.44. The van der Waals surface area contributed by atoms with Crippen molar-refractivity contribution in [1.82, 2.24) is 9.55 Å². The molecule has 0 fully saturated rings. The fraction of sp³-hybridized carbons (Fsp3) is 0.111. The van der Waals surface area contributed by atoms with Gasteiger partial charge in [0.15, 0.2) is 0 Å². The first-order chi connectivity index (χ1) is 11.7. The Bertz CT molecular complexity index is 951. The molecule has 0 aliphatic carbocycles. The van der Waals surface area contributed by atoms with Gasteiger partial charge in [-0.25, -0.2) is 9.37 Å². The van der Waals surface area contributed by atoms with Crippen LogP contribution in [-0.2, 0) is 6.61 Å². The van der Waals surface area contributed by atoms with E-state index in [0.29, 0.717) is 16.4 Å². The Balaban J connectivity index is 2.00. The highest BCUT2D eigenvalue weighted by atomic mass is 35.5. The van der Waals surface area contributed by atoms with Crippen molar-refractivity contribution in [2.75, 3.05) is 0 Å². The number of aliphatic hydroxyl groups excluding tert-OH is 1. The fourth-order valence-electron chi connectivity index (χ4n) is 3.01. The molecule has 0 spiro atoms. The minimum atomic E-state index is -0.522. The van der Waals surface area contributed by atoms with Gasteiger partial charge in [-0.15, -0.1) is 0 Å². The van der Waals surface area contributed by atoms with Gasteiger partial charge in [0.1, 0.15) is 24.3 Å². The Morgan fingerprint density at radius 1 is 1.17 bits per heavy atom. The molecule has 1 aromatic heterocycles. The van der Waals surface area contributed by atoms with Crippen LogP contribution in [0, 0.1) is 5.82 Å². The van der Waals surface area contributed by atoms with Crippen molar-refractivity contribution < 1.29 is 9.50 Å². The van der Waals surface area contributed by atoms with Crippen molar-refractivity contribution in [3.05, 3.63) is 82.1 Å². The summed E-state index contributed by atoms with van der Waals surface area (Å²) in [6, 6.07) is 11.4. The topological polar surface area (TPSA) is 50.4 Å². The number of aliphatic imine (C=N–C) groups is 1. The fourth-order valence-corrected chi connectivity index (χ4v) is 3.19. The second-order valence-corrected chi connectivity index (χ2v) is 5.93. The van der Waals surface area contributed by atoms with Crippen molar-refractivity contribution in [1.29, 1.82) is 0 Å². The first kappa shape index (κ1) is 15.1. The molecule has 2 aromatic carbocycles. The van der Waals surface area contributed by atoms with Crippen molar-refractivity contribution in [2.24, 2.45) is 4.99 Å². The summed E-state index contributed by atoms with van der Waals surface area (Å²) in [5.41, 5.74) is 2.74. The number of hydrogen-bond acceptors (Lipinski definition) is 3. The lowest BCUT2D eigenvalue weighted by atomic mass is 9.97. The Morgan fingerprint density at radius 3 is 2.79 bits per heavy atom. The third kappa shape index (κ3) is 2.33. The zero-order chi connectivity index (χ0) is 16.7. The molecular formula is C18H13ClFN3O. The maximum atomic E-state index is 14.3. The van der Waals surface area contributed by atoms with E-state index in [4.69, 9.17) is 11.6 Å². The van der Waals surface area contributed by atoms with Gasteiger partial charge in [0.2, 0.25) is 0 Å². The maximum absolute atomic E-state index is 14.3. The van der Waals surface area contributed by atoms with E-state index in [1.165, 1.54) is 6.07 Å². The van der Waals surface area contributed by atoms with E-state index in [2.05, 4.69) is 9.98 Å². The van der Waals surface area contributed by atoms with Gasteiger partial charge in [-0.05, 0) is 24.3 Å². The molecule has 1 aliphatic heterocycles. The van der Waals surface area contributed by atoms with Crippen molar-refractivity contribution in [3.63, 3.8) is 0 Å². The summed E-state index contributed by atoms with van der Waals surface area (Å²) >= 11 is 6.18. The highest BCUT2D eigenvalue weighted by Gasteiger charge is 2.25. The number of aromatic nitrogens is 2. The normalized spacial score (nSPS) is 15.7. The summed E-state index contributed by atoms with van der Waals surface area (Å²) in [5, 5.41) is 10.1. The van der Waals surface area contributed by atoms with Crippen LogP contribution in [0.15, 0.2) is 53.7 Å². The molecule has 0 saturated heterocycles. The van der Waals surface area contributed by atoms with Gasteiger partial charge in [-0.3, -0.25) is 9.56 Å². The summed E-state index contributed by atoms with van der Waals surface area (Å²) in [6.07, 6.45) is 3.29. The number of fused-ring (bicyclic) bond motifs is 3. The number of aliphatic hydroxyl groups is 1. The number of nitrogens with zero attached hydrogens (tertiary/aromatic N) is 3. The molecule has 0 radical (unpaired) electrons. The van der Waals surface area contributed by atoms with E-state index >= 15 is 0 Å². The summed E-state index contributed by atoms with van der Waals surface area (Å²) in [4.78, 5) is 8.77. The lowest BCUT2D eigenvalue weighted by Crippen LogP contribution is -2.08. The van der Waals surface area contributed by atoms with E-state index in [-0.39, 0.29) is 12.4 Å². The second kappa shape index (κ2) is 5.85. The molecule has 1 aliphatic rings. The van der Waals surface area contributed by atoms with Crippen LogP contribution in [-0.4, -0.2) is 20.9 Å². The molecule has 1 atom stereocenters. The lowest BCUT2D eigenvalue weighted by Gasteiger charge is -2.18. The monoisotopic (exact) mass is 343 g/mol. The van der Waals surface area contributed by atoms with Crippen LogP contribution in [0.2, 0.25) is 5.02 Å². The molecule has 6 heteroatoms. The number of hydrogen-bond donors (Lipinski definition) is 1. The van der Waals surface area contributed by atoms with Crippen LogP contribution in [0.25, 0.3) is 5.69 Å². The number of imidazole rings is 1. The maximum Gasteiger partial charge on any atom is 0.139 e. The third-order valence-corrected chi connectivity index (χ3v) is 4.32. The van der Waals surface area contributed by atoms with Crippen LogP contribution in [0.5, 0.6) is 0 Å². The zero-order valence-electron chi connectivity index (χ0n) is 12.5. The van der Waals surface area contributed by atoms with Crippen molar-refractivity contribution in [3.8, 4) is 5.69 Å². The van der Waals surface area contributed by atoms with E-state index in [1.807, 2.05) is 10.6 Å². The Kier molecular flexibility index (Phi) is 3.67. The molecule has 4 rings (SSSR count). The second-order valence-electron chi connectivity index (χ2n) is 5.50. The van der Waals surface area contributed by atoms with Gasteiger partial charge >= 0.3 is 0 Å². The van der Waals surface area contributed by atoms with Gasteiger partial charge in [0.05, 0.1) is 17.6 Å². The lowest BCUT2D eigenvalue weighted by molar-refractivity contribution is 0.269. The molecule has 4 nitrogen and oxygen atoms in total. The average molecular weight is 344 g/mol. The largest absolute Gasteiger partial charge is 0.388 e.